The second kappa shape index (κ2) is 11.2. The Morgan fingerprint density at radius 2 is 1.67 bits per heavy atom. The third-order valence-electron chi connectivity index (χ3n) is 5.47. The maximum atomic E-state index is 13.0. The highest BCUT2D eigenvalue weighted by atomic mass is 16.6. The fourth-order valence-electron chi connectivity index (χ4n) is 3.77. The Morgan fingerprint density at radius 1 is 1.06 bits per heavy atom. The molecule has 2 aromatic carbocycles. The van der Waals surface area contributed by atoms with Gasteiger partial charge in [-0.25, -0.2) is 4.79 Å². The van der Waals surface area contributed by atoms with Crippen LogP contribution < -0.4 is 9.47 Å². The van der Waals surface area contributed by atoms with Crippen molar-refractivity contribution >= 4 is 23.1 Å². The maximum Gasteiger partial charge on any atom is 0.338 e. The van der Waals surface area contributed by atoms with E-state index in [0.29, 0.717) is 16.7 Å². The molecule has 0 aromatic heterocycles. The van der Waals surface area contributed by atoms with Gasteiger partial charge in [0.05, 0.1) is 35.8 Å². The number of esters is 1. The predicted molar refractivity (Wildman–Crippen MR) is 131 cm³/mol. The van der Waals surface area contributed by atoms with Crippen molar-refractivity contribution in [1.29, 1.82) is 0 Å². The highest BCUT2D eigenvalue weighted by molar-refractivity contribution is 6.27. The number of carbonyl (C=O) groups excluding carboxylic acids is 1. The van der Waals surface area contributed by atoms with Crippen molar-refractivity contribution in [2.24, 2.45) is 10.3 Å². The molecule has 0 aliphatic heterocycles. The molecule has 0 bridgehead atoms. The molecule has 1 aliphatic rings. The number of hydrogen-bond acceptors (Lipinski definition) is 10. The highest BCUT2D eigenvalue weighted by Crippen LogP contribution is 2.42. The normalized spacial score (nSPS) is 15.2. The Hall–Kier alpha value is -4.67. The molecule has 1 atom stereocenters. The van der Waals surface area contributed by atoms with Gasteiger partial charge >= 0.3 is 5.97 Å². The molecule has 11 nitrogen and oxygen atoms in total. The van der Waals surface area contributed by atoms with Gasteiger partial charge in [-0.1, -0.05) is 22.0 Å². The standard InChI is InChI=1S/C25H25N3O8/c1-14(2)5-12-20(36-25(29)15-6-8-16(9-7-15)28(32)33)17-13-21(34-3)22-18(26-30)10-11-19(27-31)23(22)24(17)35-4/h5-11,13,20,30-31H,12H2,1-4H3/b26-18+,27-19+/t20-/m0/s1. The Labute approximate surface area is 206 Å². The van der Waals surface area contributed by atoms with E-state index >= 15 is 0 Å². The van der Waals surface area contributed by atoms with Crippen LogP contribution in [0.25, 0.3) is 0 Å². The number of methoxy groups -OCH3 is 2. The predicted octanol–water partition coefficient (Wildman–Crippen LogP) is 4.79. The molecular formula is C25H25N3O8. The average Bonchev–Trinajstić information content (AvgIpc) is 2.89. The van der Waals surface area contributed by atoms with Crippen LogP contribution in [-0.2, 0) is 4.74 Å². The molecule has 0 amide bonds. The number of non-ortho nitro benzene ring substituents is 1. The molecule has 3 rings (SSSR count). The quantitative estimate of drug-likeness (QED) is 0.174. The molecule has 0 spiro atoms. The van der Waals surface area contributed by atoms with Gasteiger partial charge in [0.15, 0.2) is 0 Å². The second-order valence-corrected chi connectivity index (χ2v) is 7.97. The lowest BCUT2D eigenvalue weighted by Crippen LogP contribution is -2.20. The molecule has 0 radical (unpaired) electrons. The molecular weight excluding hydrogens is 470 g/mol. The zero-order valence-electron chi connectivity index (χ0n) is 20.1. The van der Waals surface area contributed by atoms with Gasteiger partial charge in [-0.05, 0) is 44.2 Å². The van der Waals surface area contributed by atoms with E-state index in [2.05, 4.69) is 10.3 Å². The van der Waals surface area contributed by atoms with E-state index in [1.54, 1.807) is 6.07 Å². The maximum absolute atomic E-state index is 13.0. The van der Waals surface area contributed by atoms with Crippen molar-refractivity contribution < 1.29 is 34.3 Å². The van der Waals surface area contributed by atoms with E-state index < -0.39 is 17.0 Å². The summed E-state index contributed by atoms with van der Waals surface area (Å²) < 4.78 is 17.1. The summed E-state index contributed by atoms with van der Waals surface area (Å²) in [5.74, 6) is -0.204. The number of rotatable bonds is 8. The van der Waals surface area contributed by atoms with Gasteiger partial charge < -0.3 is 24.6 Å². The third-order valence-corrected chi connectivity index (χ3v) is 5.47. The SMILES string of the molecule is COc1cc([C@H](CC=C(C)C)OC(=O)c2ccc([N+](=O)[O-])cc2)c(OC)c2c1/C(=N/O)C=C/C2=N\O. The average molecular weight is 495 g/mol. The van der Waals surface area contributed by atoms with Crippen molar-refractivity contribution in [3.8, 4) is 11.5 Å². The number of hydrogen-bond donors (Lipinski definition) is 2. The van der Waals surface area contributed by atoms with E-state index in [-0.39, 0.29) is 40.6 Å². The van der Waals surface area contributed by atoms with E-state index in [9.17, 15) is 25.3 Å². The molecule has 0 saturated carbocycles. The van der Waals surface area contributed by atoms with Crippen molar-refractivity contribution in [2.75, 3.05) is 14.2 Å². The van der Waals surface area contributed by atoms with Crippen LogP contribution in [0.5, 0.6) is 11.5 Å². The smallest absolute Gasteiger partial charge is 0.338 e. The number of ether oxygens (including phenoxy) is 3. The molecule has 0 unspecified atom stereocenters. The fourth-order valence-corrected chi connectivity index (χ4v) is 3.77. The Bertz CT molecular complexity index is 1290. The largest absolute Gasteiger partial charge is 0.496 e. The van der Waals surface area contributed by atoms with Crippen LogP contribution in [0.3, 0.4) is 0 Å². The van der Waals surface area contributed by atoms with Crippen LogP contribution in [-0.4, -0.2) is 47.0 Å². The second-order valence-electron chi connectivity index (χ2n) is 7.97. The Balaban J connectivity index is 2.16. The lowest BCUT2D eigenvalue weighted by Gasteiger charge is -2.26. The van der Waals surface area contributed by atoms with Crippen molar-refractivity contribution in [1.82, 2.24) is 0 Å². The summed E-state index contributed by atoms with van der Waals surface area (Å²) in [5.41, 5.74) is 2.26. The number of nitro groups is 1. The number of oxime groups is 2. The minimum Gasteiger partial charge on any atom is -0.496 e. The number of allylic oxidation sites excluding steroid dienone is 3. The number of benzene rings is 2. The topological polar surface area (TPSA) is 153 Å². The minimum absolute atomic E-state index is 0.122. The summed E-state index contributed by atoms with van der Waals surface area (Å²) in [6.45, 7) is 3.79. The summed E-state index contributed by atoms with van der Waals surface area (Å²) in [6.07, 6.45) is 4.16. The van der Waals surface area contributed by atoms with Gasteiger partial charge in [0, 0.05) is 24.1 Å². The first-order valence-electron chi connectivity index (χ1n) is 10.8. The summed E-state index contributed by atoms with van der Waals surface area (Å²) in [7, 11) is 2.83. The van der Waals surface area contributed by atoms with Gasteiger partial charge in [0.25, 0.3) is 5.69 Å². The lowest BCUT2D eigenvalue weighted by atomic mass is 9.88. The van der Waals surface area contributed by atoms with Crippen LogP contribution in [0, 0.1) is 10.1 Å². The van der Waals surface area contributed by atoms with Crippen molar-refractivity contribution in [2.45, 2.75) is 26.4 Å². The zero-order chi connectivity index (χ0) is 26.4. The first-order valence-corrected chi connectivity index (χ1v) is 10.8. The van der Waals surface area contributed by atoms with E-state index in [0.717, 1.165) is 5.57 Å². The van der Waals surface area contributed by atoms with Crippen LogP contribution in [0.2, 0.25) is 0 Å². The van der Waals surface area contributed by atoms with Crippen molar-refractivity contribution in [3.63, 3.8) is 0 Å². The number of nitrogens with zero attached hydrogens (tertiary/aromatic N) is 3. The van der Waals surface area contributed by atoms with Crippen LogP contribution in [0.4, 0.5) is 5.69 Å². The van der Waals surface area contributed by atoms with Gasteiger partial charge in [0.1, 0.15) is 29.0 Å². The van der Waals surface area contributed by atoms with E-state index in [4.69, 9.17) is 14.2 Å². The summed E-state index contributed by atoms with van der Waals surface area (Å²) in [4.78, 5) is 23.4. The molecule has 0 heterocycles. The minimum atomic E-state index is -0.878. The molecule has 0 saturated heterocycles. The third kappa shape index (κ3) is 5.19. The first kappa shape index (κ1) is 25.9. The molecule has 188 valence electrons. The monoisotopic (exact) mass is 495 g/mol. The summed E-state index contributed by atoms with van der Waals surface area (Å²) >= 11 is 0. The van der Waals surface area contributed by atoms with Crippen LogP contribution in [0.1, 0.15) is 53.4 Å². The molecule has 36 heavy (non-hydrogen) atoms. The van der Waals surface area contributed by atoms with E-state index in [1.807, 2.05) is 19.9 Å². The van der Waals surface area contributed by atoms with Gasteiger partial charge in [0.2, 0.25) is 0 Å². The van der Waals surface area contributed by atoms with Gasteiger partial charge in [-0.2, -0.15) is 0 Å². The lowest BCUT2D eigenvalue weighted by molar-refractivity contribution is -0.384. The van der Waals surface area contributed by atoms with E-state index in [1.165, 1.54) is 50.6 Å². The van der Waals surface area contributed by atoms with Crippen LogP contribution >= 0.6 is 0 Å². The molecule has 1 aliphatic carbocycles. The van der Waals surface area contributed by atoms with Gasteiger partial charge in [-0.3, -0.25) is 10.1 Å². The highest BCUT2D eigenvalue weighted by Gasteiger charge is 2.32. The summed E-state index contributed by atoms with van der Waals surface area (Å²) in [5, 5.41) is 36.7. The number of carbonyl (C=O) groups is 1. The Kier molecular flexibility index (Phi) is 8.05. The number of fused-ring (bicyclic) bond motifs is 1. The fraction of sp³-hybridized carbons (Fsp3) is 0.240. The summed E-state index contributed by atoms with van der Waals surface area (Å²) in [6, 6.07) is 6.67. The number of nitro benzene ring substituents is 1. The molecule has 11 heteroatoms. The Morgan fingerprint density at radius 3 is 2.17 bits per heavy atom. The first-order chi connectivity index (χ1) is 17.2. The molecule has 2 N–H and O–H groups in total. The van der Waals surface area contributed by atoms with Crippen LogP contribution in [0.15, 0.2) is 64.4 Å². The zero-order valence-corrected chi connectivity index (χ0v) is 20.1. The molecule has 0 fully saturated rings. The van der Waals surface area contributed by atoms with Gasteiger partial charge in [-0.15, -0.1) is 0 Å². The van der Waals surface area contributed by atoms with Crippen molar-refractivity contribution in [3.05, 3.63) is 86.5 Å². The molecule has 2 aromatic rings.